The van der Waals surface area contributed by atoms with Crippen molar-refractivity contribution in [3.8, 4) is 0 Å². The van der Waals surface area contributed by atoms with Crippen LogP contribution in [-0.4, -0.2) is 85.9 Å². The Morgan fingerprint density at radius 2 is 1.84 bits per heavy atom. The Morgan fingerprint density at radius 1 is 1.10 bits per heavy atom. The number of hydrogen-bond acceptors (Lipinski definition) is 4. The second-order valence-corrected chi connectivity index (χ2v) is 11.0. The number of piperidine rings is 1. The molecule has 2 heterocycles. The van der Waals surface area contributed by atoms with Crippen LogP contribution in [0.2, 0.25) is 0 Å². The number of halogens is 2. The topological polar surface area (TPSA) is 47.6 Å². The number of alkyl halides is 2. The van der Waals surface area contributed by atoms with Gasteiger partial charge in [0, 0.05) is 30.1 Å². The second kappa shape index (κ2) is 10.0. The number of fused-ring (bicyclic) bond motifs is 1. The summed E-state index contributed by atoms with van der Waals surface area (Å²) in [5.74, 6) is 0.374. The van der Waals surface area contributed by atoms with Crippen molar-refractivity contribution in [2.45, 2.75) is 94.7 Å². The monoisotopic (exact) mass is 440 g/mol. The zero-order valence-electron chi connectivity index (χ0n) is 19.5. The highest BCUT2D eigenvalue weighted by Crippen LogP contribution is 2.39. The molecule has 4 fully saturated rings. The number of nitrogens with zero attached hydrogens (tertiary/aromatic N) is 2. The van der Waals surface area contributed by atoms with Crippen LogP contribution in [0.5, 0.6) is 0 Å². The van der Waals surface area contributed by atoms with E-state index in [2.05, 4.69) is 41.5 Å². The molecule has 2 saturated carbocycles. The Labute approximate surface area is 186 Å². The number of likely N-dealkylation sites (tertiary alicyclic amines) is 1. The van der Waals surface area contributed by atoms with E-state index in [1.165, 1.54) is 0 Å². The fourth-order valence-electron chi connectivity index (χ4n) is 6.82. The maximum Gasteiger partial charge on any atom is 0.237 e. The molecule has 2 aliphatic heterocycles. The van der Waals surface area contributed by atoms with Crippen LogP contribution in [0.1, 0.15) is 58.3 Å². The third-order valence-electron chi connectivity index (χ3n) is 8.74. The molecule has 1 amide bonds. The van der Waals surface area contributed by atoms with Gasteiger partial charge < -0.3 is 20.4 Å². The average Bonchev–Trinajstić information content (AvgIpc) is 3.23. The van der Waals surface area contributed by atoms with E-state index in [1.807, 2.05) is 0 Å². The van der Waals surface area contributed by atoms with Crippen molar-refractivity contribution in [3.05, 3.63) is 0 Å². The molecule has 4 rings (SSSR count). The van der Waals surface area contributed by atoms with Gasteiger partial charge in [0.15, 0.2) is 0 Å². The van der Waals surface area contributed by atoms with E-state index in [0.717, 1.165) is 45.2 Å². The molecular formula is C24H42F2N4O. The molecule has 7 heteroatoms. The highest BCUT2D eigenvalue weighted by atomic mass is 19.1. The van der Waals surface area contributed by atoms with E-state index < -0.39 is 6.17 Å². The van der Waals surface area contributed by atoms with Gasteiger partial charge >= 0.3 is 0 Å². The number of amides is 1. The summed E-state index contributed by atoms with van der Waals surface area (Å²) in [6.45, 7) is 3.95. The van der Waals surface area contributed by atoms with Gasteiger partial charge in [0.2, 0.25) is 5.91 Å². The Kier molecular flexibility index (Phi) is 7.54. The smallest absolute Gasteiger partial charge is 0.237 e. The lowest BCUT2D eigenvalue weighted by atomic mass is 9.77. The van der Waals surface area contributed by atoms with Crippen LogP contribution < -0.4 is 10.6 Å². The predicted molar refractivity (Wildman–Crippen MR) is 119 cm³/mol. The molecular weight excluding hydrogens is 398 g/mol. The first-order chi connectivity index (χ1) is 14.9. The van der Waals surface area contributed by atoms with E-state index in [-0.39, 0.29) is 42.5 Å². The van der Waals surface area contributed by atoms with Gasteiger partial charge in [-0.3, -0.25) is 9.18 Å². The molecule has 4 aliphatic rings. The van der Waals surface area contributed by atoms with Crippen molar-refractivity contribution in [3.63, 3.8) is 0 Å². The molecule has 5 nitrogen and oxygen atoms in total. The largest absolute Gasteiger partial charge is 0.352 e. The van der Waals surface area contributed by atoms with Gasteiger partial charge in [-0.1, -0.05) is 6.92 Å². The lowest BCUT2D eigenvalue weighted by molar-refractivity contribution is -0.124. The maximum atomic E-state index is 14.4. The Morgan fingerprint density at radius 3 is 2.48 bits per heavy atom. The highest BCUT2D eigenvalue weighted by Gasteiger charge is 2.46. The summed E-state index contributed by atoms with van der Waals surface area (Å²) in [6.07, 6.45) is 6.10. The summed E-state index contributed by atoms with van der Waals surface area (Å²) in [5.41, 5.74) is 0. The van der Waals surface area contributed by atoms with Crippen LogP contribution in [0.15, 0.2) is 0 Å². The number of rotatable bonds is 5. The van der Waals surface area contributed by atoms with Gasteiger partial charge in [-0.05, 0) is 90.4 Å². The molecule has 0 radical (unpaired) electrons. The summed E-state index contributed by atoms with van der Waals surface area (Å²) in [5, 5.41) is 6.67. The lowest BCUT2D eigenvalue weighted by Gasteiger charge is -2.44. The van der Waals surface area contributed by atoms with Crippen molar-refractivity contribution in [1.82, 2.24) is 20.4 Å². The van der Waals surface area contributed by atoms with Crippen molar-refractivity contribution in [1.29, 1.82) is 0 Å². The summed E-state index contributed by atoms with van der Waals surface area (Å²) in [7, 11) is 4.29. The number of carbonyl (C=O) groups excluding carboxylic acids is 1. The van der Waals surface area contributed by atoms with Crippen molar-refractivity contribution < 1.29 is 13.6 Å². The Bertz CT molecular complexity index is 594. The molecule has 8 atom stereocenters. The minimum absolute atomic E-state index is 0.0108. The van der Waals surface area contributed by atoms with Gasteiger partial charge in [0.25, 0.3) is 0 Å². The standard InChI is InChI=1S/C24H42F2N4O/c1-15-4-5-21(26)20-13-22(28-23(15)20)24(31)27-17-10-16(14-25)11-19(12-17)30-8-6-18(7-9-30)29(2)3/h15-23,28H,4-14H2,1-3H3,(H,27,31). The maximum absolute atomic E-state index is 14.4. The zero-order valence-corrected chi connectivity index (χ0v) is 19.5. The number of hydrogen-bond donors (Lipinski definition) is 2. The van der Waals surface area contributed by atoms with Gasteiger partial charge in [0.1, 0.15) is 6.17 Å². The van der Waals surface area contributed by atoms with Crippen LogP contribution in [0.4, 0.5) is 8.78 Å². The van der Waals surface area contributed by atoms with E-state index >= 15 is 0 Å². The first-order valence-electron chi connectivity index (χ1n) is 12.5. The first-order valence-corrected chi connectivity index (χ1v) is 12.5. The van der Waals surface area contributed by atoms with Crippen molar-refractivity contribution >= 4 is 5.91 Å². The third-order valence-corrected chi connectivity index (χ3v) is 8.74. The summed E-state index contributed by atoms with van der Waals surface area (Å²) < 4.78 is 28.1. The van der Waals surface area contributed by atoms with Gasteiger partial charge in [0.05, 0.1) is 12.7 Å². The summed E-state index contributed by atoms with van der Waals surface area (Å²) in [4.78, 5) is 17.9. The average molecular weight is 441 g/mol. The van der Waals surface area contributed by atoms with E-state index in [9.17, 15) is 13.6 Å². The first kappa shape index (κ1) is 23.4. The predicted octanol–water partition coefficient (Wildman–Crippen LogP) is 2.75. The molecule has 0 aromatic rings. The van der Waals surface area contributed by atoms with E-state index in [0.29, 0.717) is 37.3 Å². The number of nitrogens with one attached hydrogen (secondary N) is 2. The lowest BCUT2D eigenvalue weighted by Crippen LogP contribution is -2.54. The van der Waals surface area contributed by atoms with Crippen LogP contribution in [0, 0.1) is 17.8 Å². The summed E-state index contributed by atoms with van der Waals surface area (Å²) >= 11 is 0. The number of carbonyl (C=O) groups is 1. The quantitative estimate of drug-likeness (QED) is 0.690. The molecule has 2 saturated heterocycles. The van der Waals surface area contributed by atoms with Gasteiger partial charge in [-0.25, -0.2) is 4.39 Å². The molecule has 0 aromatic heterocycles. The van der Waals surface area contributed by atoms with E-state index in [1.54, 1.807) is 0 Å². The van der Waals surface area contributed by atoms with Crippen LogP contribution in [-0.2, 0) is 4.79 Å². The molecule has 0 bridgehead atoms. The fourth-order valence-corrected chi connectivity index (χ4v) is 6.82. The molecule has 0 spiro atoms. The van der Waals surface area contributed by atoms with Crippen molar-refractivity contribution in [2.24, 2.45) is 17.8 Å². The fraction of sp³-hybridized carbons (Fsp3) is 0.958. The SMILES string of the molecule is CC1CCC(F)C2CC(C(=O)NC3CC(CF)CC(N4CCC(N(C)C)CC4)C3)NC12. The highest BCUT2D eigenvalue weighted by molar-refractivity contribution is 5.82. The normalized spacial score (nSPS) is 42.5. The molecule has 2 N–H and O–H groups in total. The molecule has 2 aliphatic carbocycles. The van der Waals surface area contributed by atoms with Gasteiger partial charge in [-0.2, -0.15) is 0 Å². The zero-order chi connectivity index (χ0) is 22.1. The summed E-state index contributed by atoms with van der Waals surface area (Å²) in [6, 6.07) is 0.786. The molecule has 0 aromatic carbocycles. The Balaban J connectivity index is 1.33. The molecule has 31 heavy (non-hydrogen) atoms. The minimum Gasteiger partial charge on any atom is -0.352 e. The Hall–Kier alpha value is -0.790. The molecule has 8 unspecified atom stereocenters. The van der Waals surface area contributed by atoms with E-state index in [4.69, 9.17) is 0 Å². The second-order valence-electron chi connectivity index (χ2n) is 11.0. The molecule has 178 valence electrons. The van der Waals surface area contributed by atoms with Crippen LogP contribution in [0.25, 0.3) is 0 Å². The van der Waals surface area contributed by atoms with Gasteiger partial charge in [-0.15, -0.1) is 0 Å². The third kappa shape index (κ3) is 5.25. The van der Waals surface area contributed by atoms with Crippen molar-refractivity contribution in [2.75, 3.05) is 33.9 Å². The van der Waals surface area contributed by atoms with Crippen LogP contribution in [0.3, 0.4) is 0 Å². The minimum atomic E-state index is -0.799. The van der Waals surface area contributed by atoms with Crippen LogP contribution >= 0.6 is 0 Å².